The third-order valence-electron chi connectivity index (χ3n) is 7.09. The number of hydrogen-bond acceptors (Lipinski definition) is 6. The molecule has 3 aromatic rings. The number of nitrogens with two attached hydrogens (primary N) is 1. The number of rotatable bonds is 4. The Morgan fingerprint density at radius 2 is 1.83 bits per heavy atom. The van der Waals surface area contributed by atoms with E-state index in [9.17, 15) is 18.0 Å². The van der Waals surface area contributed by atoms with Gasteiger partial charge in [0.25, 0.3) is 5.91 Å². The molecule has 1 saturated heterocycles. The first-order chi connectivity index (χ1) is 16.7. The highest BCUT2D eigenvalue weighted by molar-refractivity contribution is 5.98. The molecule has 35 heavy (non-hydrogen) atoms. The molecule has 1 aliphatic heterocycles. The molecule has 0 unspecified atom stereocenters. The molecule has 1 aliphatic carbocycles. The van der Waals surface area contributed by atoms with E-state index in [4.69, 9.17) is 14.9 Å². The molecule has 0 bridgehead atoms. The van der Waals surface area contributed by atoms with Gasteiger partial charge in [0, 0.05) is 24.0 Å². The maximum Gasteiger partial charge on any atom is 0.433 e. The predicted octanol–water partition coefficient (Wildman–Crippen LogP) is 5.20. The first-order valence-electron chi connectivity index (χ1n) is 11.8. The Balaban J connectivity index is 1.56. The molecule has 2 N–H and O–H groups in total. The summed E-state index contributed by atoms with van der Waals surface area (Å²) in [6.07, 6.45) is 0.0354. The van der Waals surface area contributed by atoms with Gasteiger partial charge >= 0.3 is 6.18 Å². The largest absolute Gasteiger partial charge is 0.494 e. The second-order valence-electron chi connectivity index (χ2n) is 9.44. The molecule has 3 atom stereocenters. The van der Waals surface area contributed by atoms with Crippen molar-refractivity contribution in [3.05, 3.63) is 41.4 Å². The molecule has 1 amide bonds. The lowest BCUT2D eigenvalue weighted by atomic mass is 9.82. The number of carbonyl (C=O) groups is 1. The molecule has 3 heterocycles. The molecule has 186 valence electrons. The van der Waals surface area contributed by atoms with Gasteiger partial charge in [-0.05, 0) is 55.9 Å². The second kappa shape index (κ2) is 8.82. The van der Waals surface area contributed by atoms with Crippen LogP contribution in [0.3, 0.4) is 0 Å². The maximum atomic E-state index is 13.5. The number of amides is 1. The van der Waals surface area contributed by atoms with E-state index in [0.29, 0.717) is 35.9 Å². The van der Waals surface area contributed by atoms with Crippen LogP contribution >= 0.6 is 0 Å². The van der Waals surface area contributed by atoms with Gasteiger partial charge in [0.1, 0.15) is 17.0 Å². The molecule has 7 nitrogen and oxygen atoms in total. The summed E-state index contributed by atoms with van der Waals surface area (Å²) in [5, 5.41) is 0.362. The van der Waals surface area contributed by atoms with Crippen molar-refractivity contribution in [1.29, 1.82) is 0 Å². The van der Waals surface area contributed by atoms with Gasteiger partial charge < -0.3 is 19.8 Å². The van der Waals surface area contributed by atoms with E-state index in [0.717, 1.165) is 18.9 Å². The van der Waals surface area contributed by atoms with Gasteiger partial charge in [-0.25, -0.2) is 9.97 Å². The Hall–Kier alpha value is -3.14. The van der Waals surface area contributed by atoms with Crippen LogP contribution in [0.2, 0.25) is 0 Å². The minimum Gasteiger partial charge on any atom is -0.494 e. The Kier molecular flexibility index (Phi) is 5.94. The summed E-state index contributed by atoms with van der Waals surface area (Å²) in [6, 6.07) is 4.75. The lowest BCUT2D eigenvalue weighted by molar-refractivity contribution is -0.140. The van der Waals surface area contributed by atoms with Gasteiger partial charge in [0.05, 0.1) is 13.2 Å². The number of pyridine rings is 1. The highest BCUT2D eigenvalue weighted by Crippen LogP contribution is 2.39. The number of methoxy groups -OCH3 is 1. The molecule has 2 aromatic heterocycles. The quantitative estimate of drug-likeness (QED) is 0.543. The molecule has 0 spiro atoms. The van der Waals surface area contributed by atoms with Crippen LogP contribution in [0.5, 0.6) is 5.75 Å². The number of oxazole rings is 1. The third kappa shape index (κ3) is 4.24. The van der Waals surface area contributed by atoms with E-state index in [1.165, 1.54) is 32.1 Å². The third-order valence-corrected chi connectivity index (χ3v) is 7.09. The molecule has 5 rings (SSSR count). The first-order valence-corrected chi connectivity index (χ1v) is 11.8. The van der Waals surface area contributed by atoms with Gasteiger partial charge in [0.15, 0.2) is 11.5 Å². The zero-order valence-electron chi connectivity index (χ0n) is 19.6. The smallest absolute Gasteiger partial charge is 0.433 e. The fourth-order valence-electron chi connectivity index (χ4n) is 5.33. The molecular weight excluding hydrogens is 461 g/mol. The number of benzene rings is 1. The first kappa shape index (κ1) is 23.6. The van der Waals surface area contributed by atoms with Crippen LogP contribution in [0.15, 0.2) is 28.7 Å². The number of hydrogen-bond donors (Lipinski definition) is 1. The van der Waals surface area contributed by atoms with Crippen molar-refractivity contribution in [3.63, 3.8) is 0 Å². The van der Waals surface area contributed by atoms with Crippen LogP contribution in [0, 0.1) is 11.8 Å². The topological polar surface area (TPSA) is 94.5 Å². The van der Waals surface area contributed by atoms with Crippen LogP contribution in [0.4, 0.5) is 13.2 Å². The standard InChI is InChI=1S/C25H27F3N4O3/c1-13(29)22-21(24(33)32-11-14-5-3-4-6-15(14)12-32)31-23(35-22)17-7-9-18(34-2)20-16(17)8-10-19(30-20)25(26,27)28/h7-10,13-15H,3-6,11-12,29H2,1-2H3/t13-,14+,15+/m0/s1. The summed E-state index contributed by atoms with van der Waals surface area (Å²) >= 11 is 0. The summed E-state index contributed by atoms with van der Waals surface area (Å²) in [4.78, 5) is 23.6. The number of halogens is 3. The fraction of sp³-hybridized carbons (Fsp3) is 0.480. The molecule has 1 saturated carbocycles. The number of ether oxygens (including phenoxy) is 1. The predicted molar refractivity (Wildman–Crippen MR) is 123 cm³/mol. The van der Waals surface area contributed by atoms with Crippen molar-refractivity contribution in [2.45, 2.75) is 44.8 Å². The Labute approximate surface area is 200 Å². The van der Waals surface area contributed by atoms with E-state index < -0.39 is 17.9 Å². The van der Waals surface area contributed by atoms with Crippen LogP contribution in [0.25, 0.3) is 22.4 Å². The van der Waals surface area contributed by atoms with E-state index in [1.807, 2.05) is 4.90 Å². The molecule has 2 fully saturated rings. The minimum atomic E-state index is -4.60. The summed E-state index contributed by atoms with van der Waals surface area (Å²) in [6.45, 7) is 3.09. The number of alkyl halides is 3. The van der Waals surface area contributed by atoms with E-state index in [-0.39, 0.29) is 34.5 Å². The van der Waals surface area contributed by atoms with Crippen LogP contribution in [0.1, 0.15) is 60.6 Å². The van der Waals surface area contributed by atoms with Crippen LogP contribution in [-0.4, -0.2) is 41.0 Å². The van der Waals surface area contributed by atoms with Crippen molar-refractivity contribution in [1.82, 2.24) is 14.9 Å². The van der Waals surface area contributed by atoms with Gasteiger partial charge in [-0.3, -0.25) is 4.79 Å². The monoisotopic (exact) mass is 488 g/mol. The molecule has 1 aromatic carbocycles. The summed E-state index contributed by atoms with van der Waals surface area (Å²) in [7, 11) is 1.36. The van der Waals surface area contributed by atoms with Crippen molar-refractivity contribution in [3.8, 4) is 17.2 Å². The van der Waals surface area contributed by atoms with Gasteiger partial charge in [-0.1, -0.05) is 12.8 Å². The number of fused-ring (bicyclic) bond motifs is 2. The summed E-state index contributed by atoms with van der Waals surface area (Å²) in [5.74, 6) is 1.34. The highest BCUT2D eigenvalue weighted by Gasteiger charge is 2.39. The number of nitrogens with zero attached hydrogens (tertiary/aromatic N) is 3. The number of aromatic nitrogens is 2. The zero-order chi connectivity index (χ0) is 24.9. The summed E-state index contributed by atoms with van der Waals surface area (Å²) < 4.78 is 51.0. The van der Waals surface area contributed by atoms with Crippen LogP contribution < -0.4 is 10.5 Å². The van der Waals surface area contributed by atoms with Crippen molar-refractivity contribution in [2.24, 2.45) is 17.6 Å². The van der Waals surface area contributed by atoms with E-state index >= 15 is 0 Å². The van der Waals surface area contributed by atoms with Gasteiger partial charge in [0.2, 0.25) is 5.89 Å². The van der Waals surface area contributed by atoms with Crippen molar-refractivity contribution < 1.29 is 27.1 Å². The average molecular weight is 489 g/mol. The SMILES string of the molecule is COc1ccc(-c2nc(C(=O)N3C[C@H]4CCCC[C@@H]4C3)c([C@H](C)N)o2)c2ccc(C(F)(F)F)nc12. The van der Waals surface area contributed by atoms with E-state index in [2.05, 4.69) is 9.97 Å². The lowest BCUT2D eigenvalue weighted by Crippen LogP contribution is -2.30. The molecule has 10 heteroatoms. The zero-order valence-corrected chi connectivity index (χ0v) is 19.6. The highest BCUT2D eigenvalue weighted by atomic mass is 19.4. The van der Waals surface area contributed by atoms with E-state index in [1.54, 1.807) is 13.0 Å². The lowest BCUT2D eigenvalue weighted by Gasteiger charge is -2.22. The maximum absolute atomic E-state index is 13.5. The number of carbonyl (C=O) groups excluding carboxylic acids is 1. The summed E-state index contributed by atoms with van der Waals surface area (Å²) in [5.41, 5.74) is 5.67. The molecule has 0 radical (unpaired) electrons. The average Bonchev–Trinajstić information content (AvgIpc) is 3.47. The number of likely N-dealkylation sites (tertiary alicyclic amines) is 1. The Bertz CT molecular complexity index is 1260. The van der Waals surface area contributed by atoms with Crippen LogP contribution in [-0.2, 0) is 6.18 Å². The van der Waals surface area contributed by atoms with Gasteiger partial charge in [-0.2, -0.15) is 13.2 Å². The Morgan fingerprint density at radius 3 is 2.43 bits per heavy atom. The normalized spacial score (nSPS) is 21.3. The van der Waals surface area contributed by atoms with Crippen molar-refractivity contribution in [2.75, 3.05) is 20.2 Å². The Morgan fingerprint density at radius 1 is 1.14 bits per heavy atom. The molecule has 2 aliphatic rings. The minimum absolute atomic E-state index is 0.0249. The fourth-order valence-corrected chi connectivity index (χ4v) is 5.33. The second-order valence-corrected chi connectivity index (χ2v) is 9.44. The molecular formula is C25H27F3N4O3. The van der Waals surface area contributed by atoms with Gasteiger partial charge in [-0.15, -0.1) is 0 Å². The van der Waals surface area contributed by atoms with Crippen molar-refractivity contribution >= 4 is 16.8 Å².